The molecule has 1 aliphatic heterocycles. The van der Waals surface area contributed by atoms with E-state index in [0.29, 0.717) is 29.5 Å². The van der Waals surface area contributed by atoms with Gasteiger partial charge in [-0.2, -0.15) is 4.31 Å². The maximum atomic E-state index is 14.2. The van der Waals surface area contributed by atoms with Gasteiger partial charge in [-0.3, -0.25) is 4.79 Å². The third kappa shape index (κ3) is 6.06. The van der Waals surface area contributed by atoms with Gasteiger partial charge in [0.25, 0.3) is 0 Å². The van der Waals surface area contributed by atoms with Crippen LogP contribution < -0.4 is 4.90 Å². The minimum Gasteiger partial charge on any atom is -0.465 e. The van der Waals surface area contributed by atoms with Crippen molar-refractivity contribution in [2.24, 2.45) is 0 Å². The largest absolute Gasteiger partial charge is 0.465 e. The number of carbonyl (C=O) groups is 1. The highest BCUT2D eigenvalue weighted by Crippen LogP contribution is 2.45. The number of thioether (sulfide) groups is 2. The van der Waals surface area contributed by atoms with E-state index < -0.39 is 15.6 Å². The molecule has 0 saturated heterocycles. The summed E-state index contributed by atoms with van der Waals surface area (Å²) in [6, 6.07) is 13.9. The van der Waals surface area contributed by atoms with Crippen LogP contribution in [0.4, 0.5) is 11.4 Å². The fraction of sp³-hybridized carbons (Fsp3) is 0.519. The summed E-state index contributed by atoms with van der Waals surface area (Å²) in [5, 5.41) is 0. The van der Waals surface area contributed by atoms with E-state index in [4.69, 9.17) is 4.74 Å². The zero-order valence-electron chi connectivity index (χ0n) is 22.0. The van der Waals surface area contributed by atoms with E-state index >= 15 is 0 Å². The predicted molar refractivity (Wildman–Crippen MR) is 152 cm³/mol. The van der Waals surface area contributed by atoms with E-state index in [2.05, 4.69) is 18.7 Å². The molecule has 2 aromatic carbocycles. The van der Waals surface area contributed by atoms with Crippen molar-refractivity contribution in [2.45, 2.75) is 67.5 Å². The number of esters is 1. The van der Waals surface area contributed by atoms with E-state index in [0.717, 1.165) is 41.8 Å². The van der Waals surface area contributed by atoms with Crippen LogP contribution in [0.15, 0.2) is 52.3 Å². The van der Waals surface area contributed by atoms with Crippen molar-refractivity contribution in [3.8, 4) is 0 Å². The first-order valence-electron chi connectivity index (χ1n) is 12.5. The number of hydrogen-bond acceptors (Lipinski definition) is 7. The lowest BCUT2D eigenvalue weighted by Crippen LogP contribution is -2.53. The normalized spacial score (nSPS) is 19.5. The number of para-hydroxylation sites is 1. The number of carbonyl (C=O) groups excluding carboxylic acids is 1. The van der Waals surface area contributed by atoms with Crippen molar-refractivity contribution in [1.82, 2.24) is 4.31 Å². The first kappa shape index (κ1) is 28.9. The minimum atomic E-state index is -3.76. The number of unbranched alkanes of at least 4 members (excludes halogenated alkanes) is 1. The van der Waals surface area contributed by atoms with E-state index in [9.17, 15) is 13.2 Å². The number of likely N-dealkylation sites (N-methyl/N-ethyl adjacent to an activating group) is 1. The molecule has 0 saturated carbocycles. The van der Waals surface area contributed by atoms with Crippen LogP contribution in [0.1, 0.15) is 52.0 Å². The van der Waals surface area contributed by atoms with E-state index in [-0.39, 0.29) is 11.7 Å². The number of rotatable bonds is 11. The van der Waals surface area contributed by atoms with Crippen molar-refractivity contribution >= 4 is 50.9 Å². The van der Waals surface area contributed by atoms with Crippen molar-refractivity contribution in [3.05, 3.63) is 48.0 Å². The van der Waals surface area contributed by atoms with Gasteiger partial charge in [-0.15, -0.1) is 23.5 Å². The Bertz CT molecular complexity index is 1140. The first-order chi connectivity index (χ1) is 17.2. The molecule has 1 heterocycles. The fourth-order valence-corrected chi connectivity index (χ4v) is 8.06. The van der Waals surface area contributed by atoms with E-state index in [1.165, 1.54) is 11.8 Å². The average Bonchev–Trinajstić information content (AvgIpc) is 2.95. The fourth-order valence-electron chi connectivity index (χ4n) is 4.73. The molecule has 0 radical (unpaired) electrons. The second kappa shape index (κ2) is 12.7. The molecular weight excluding hydrogens is 513 g/mol. The molecule has 1 aliphatic rings. The Morgan fingerprint density at radius 1 is 1.14 bits per heavy atom. The highest BCUT2D eigenvalue weighted by molar-refractivity contribution is 7.99. The summed E-state index contributed by atoms with van der Waals surface area (Å²) in [6.07, 6.45) is 5.48. The number of benzene rings is 2. The lowest BCUT2D eigenvalue weighted by atomic mass is 9.88. The Kier molecular flexibility index (Phi) is 10.2. The van der Waals surface area contributed by atoms with Gasteiger partial charge in [-0.25, -0.2) is 8.42 Å². The second-order valence-corrected chi connectivity index (χ2v) is 12.8. The maximum absolute atomic E-state index is 14.2. The van der Waals surface area contributed by atoms with Gasteiger partial charge in [-0.1, -0.05) is 44.9 Å². The average molecular weight is 551 g/mol. The zero-order chi connectivity index (χ0) is 26.3. The molecule has 36 heavy (non-hydrogen) atoms. The number of ether oxygens (including phenoxy) is 1. The van der Waals surface area contributed by atoms with Gasteiger partial charge in [0.2, 0.25) is 10.0 Å². The molecule has 0 amide bonds. The van der Waals surface area contributed by atoms with Crippen molar-refractivity contribution in [3.63, 3.8) is 0 Å². The molecule has 9 heteroatoms. The van der Waals surface area contributed by atoms with Crippen LogP contribution in [0.2, 0.25) is 0 Å². The monoisotopic (exact) mass is 550 g/mol. The first-order valence-corrected chi connectivity index (χ1v) is 16.3. The summed E-state index contributed by atoms with van der Waals surface area (Å²) >= 11 is 3.04. The molecule has 0 aromatic heterocycles. The Balaban J connectivity index is 2.16. The third-order valence-corrected chi connectivity index (χ3v) is 10.7. The van der Waals surface area contributed by atoms with Crippen LogP contribution in [0, 0.1) is 0 Å². The molecule has 2 aromatic rings. The molecule has 1 unspecified atom stereocenters. The van der Waals surface area contributed by atoms with Crippen LogP contribution in [-0.4, -0.2) is 56.4 Å². The molecule has 6 nitrogen and oxygen atoms in total. The number of hydrogen-bond donors (Lipinski definition) is 0. The van der Waals surface area contributed by atoms with Crippen molar-refractivity contribution in [2.75, 3.05) is 37.1 Å². The number of nitrogens with zero attached hydrogens (tertiary/aromatic N) is 2. The van der Waals surface area contributed by atoms with Crippen LogP contribution in [0.3, 0.4) is 0 Å². The minimum absolute atomic E-state index is 0.234. The molecule has 0 N–H and O–H groups in total. The Morgan fingerprint density at radius 3 is 2.47 bits per heavy atom. The molecule has 0 bridgehead atoms. The zero-order valence-corrected chi connectivity index (χ0v) is 24.4. The quantitative estimate of drug-likeness (QED) is 0.240. The SMILES string of the molecule is CCCCC1(CC)CN(c2ccccc2)c2cc(SC)c(CSCC(=O)OCC)cc2S(=O)(=O)N1C. The van der Waals surface area contributed by atoms with Gasteiger partial charge in [-0.05, 0) is 55.9 Å². The predicted octanol–water partition coefficient (Wildman–Crippen LogP) is 6.32. The van der Waals surface area contributed by atoms with Gasteiger partial charge in [0.15, 0.2) is 0 Å². The number of sulfonamides is 1. The smallest absolute Gasteiger partial charge is 0.315 e. The highest BCUT2D eigenvalue weighted by atomic mass is 32.2. The summed E-state index contributed by atoms with van der Waals surface area (Å²) in [5.41, 5.74) is 2.08. The molecule has 1 atom stereocenters. The van der Waals surface area contributed by atoms with Crippen LogP contribution >= 0.6 is 23.5 Å². The summed E-state index contributed by atoms with van der Waals surface area (Å²) in [5.74, 6) is 0.508. The summed E-state index contributed by atoms with van der Waals surface area (Å²) < 4.78 is 35.0. The molecule has 198 valence electrons. The maximum Gasteiger partial charge on any atom is 0.315 e. The van der Waals surface area contributed by atoms with Gasteiger partial charge in [0, 0.05) is 29.9 Å². The van der Waals surface area contributed by atoms with Crippen molar-refractivity contribution in [1.29, 1.82) is 0 Å². The van der Waals surface area contributed by atoms with Crippen LogP contribution in [0.25, 0.3) is 0 Å². The Morgan fingerprint density at radius 2 is 1.86 bits per heavy atom. The van der Waals surface area contributed by atoms with Crippen LogP contribution in [0.5, 0.6) is 0 Å². The topological polar surface area (TPSA) is 66.9 Å². The van der Waals surface area contributed by atoms with E-state index in [1.54, 1.807) is 30.0 Å². The summed E-state index contributed by atoms with van der Waals surface area (Å²) in [4.78, 5) is 15.4. The van der Waals surface area contributed by atoms with Gasteiger partial charge in [0.1, 0.15) is 4.90 Å². The Labute approximate surface area is 225 Å². The molecular formula is C27H38N2O4S3. The summed E-state index contributed by atoms with van der Waals surface area (Å²) in [6.45, 7) is 6.96. The molecule has 0 spiro atoms. The number of anilines is 2. The molecule has 0 aliphatic carbocycles. The van der Waals surface area contributed by atoms with E-state index in [1.807, 2.05) is 48.7 Å². The van der Waals surface area contributed by atoms with Gasteiger partial charge >= 0.3 is 5.97 Å². The van der Waals surface area contributed by atoms with Crippen LogP contribution in [-0.2, 0) is 25.3 Å². The lowest BCUT2D eigenvalue weighted by Gasteiger charge is -2.41. The molecule has 0 fully saturated rings. The standard InChI is InChI=1S/C27H38N2O4S3/c1-6-9-15-27(7-2)20-29(22-13-11-10-12-14-22)23-17-24(34-5)21(18-35-19-26(30)33-8-3)16-25(23)36(31,32)28(27)4/h10-14,16-17H,6-9,15,18-20H2,1-5H3. The highest BCUT2D eigenvalue weighted by Gasteiger charge is 2.46. The second-order valence-electron chi connectivity index (χ2n) is 9.01. The molecule has 3 rings (SSSR count). The third-order valence-electron chi connectivity index (χ3n) is 6.92. The lowest BCUT2D eigenvalue weighted by molar-refractivity contribution is -0.139. The van der Waals surface area contributed by atoms with Gasteiger partial charge < -0.3 is 9.64 Å². The van der Waals surface area contributed by atoms with Gasteiger partial charge in [0.05, 0.1) is 23.6 Å². The van der Waals surface area contributed by atoms with Crippen molar-refractivity contribution < 1.29 is 17.9 Å². The number of fused-ring (bicyclic) bond motifs is 1. The Hall–Kier alpha value is -1.68. The summed E-state index contributed by atoms with van der Waals surface area (Å²) in [7, 11) is -2.02.